The SMILES string of the molecule is NC(NC=O)[C@@H]1CC[C@H](n2ccc(=O)[nH]c2=O)O1. The van der Waals surface area contributed by atoms with Gasteiger partial charge in [0.2, 0.25) is 6.41 Å². The molecule has 1 amide bonds. The molecule has 1 aliphatic rings. The lowest BCUT2D eigenvalue weighted by Gasteiger charge is -2.19. The van der Waals surface area contributed by atoms with Crippen molar-refractivity contribution in [3.63, 3.8) is 0 Å². The second kappa shape index (κ2) is 5.15. The van der Waals surface area contributed by atoms with E-state index in [-0.39, 0.29) is 6.10 Å². The van der Waals surface area contributed by atoms with E-state index in [0.29, 0.717) is 19.3 Å². The Hall–Kier alpha value is -1.93. The quantitative estimate of drug-likeness (QED) is 0.434. The fourth-order valence-electron chi connectivity index (χ4n) is 1.95. The van der Waals surface area contributed by atoms with Gasteiger partial charge in [-0.25, -0.2) is 4.79 Å². The van der Waals surface area contributed by atoms with Crippen LogP contribution in [-0.4, -0.2) is 28.2 Å². The Kier molecular flexibility index (Phi) is 3.58. The fraction of sp³-hybridized carbons (Fsp3) is 0.500. The van der Waals surface area contributed by atoms with Crippen LogP contribution in [0.5, 0.6) is 0 Å². The molecule has 3 atom stereocenters. The highest BCUT2D eigenvalue weighted by atomic mass is 16.5. The van der Waals surface area contributed by atoms with Gasteiger partial charge in [0.1, 0.15) is 12.4 Å². The van der Waals surface area contributed by atoms with E-state index in [1.54, 1.807) is 0 Å². The van der Waals surface area contributed by atoms with E-state index in [2.05, 4.69) is 10.3 Å². The minimum Gasteiger partial charge on any atom is -0.351 e. The summed E-state index contributed by atoms with van der Waals surface area (Å²) in [4.78, 5) is 34.9. The zero-order chi connectivity index (χ0) is 13.1. The molecule has 0 aromatic carbocycles. The average molecular weight is 254 g/mol. The molecule has 4 N–H and O–H groups in total. The van der Waals surface area contributed by atoms with Crippen molar-refractivity contribution in [2.45, 2.75) is 31.3 Å². The molecule has 1 unspecified atom stereocenters. The van der Waals surface area contributed by atoms with Crippen molar-refractivity contribution in [3.8, 4) is 0 Å². The van der Waals surface area contributed by atoms with Crippen LogP contribution in [0, 0.1) is 0 Å². The third kappa shape index (κ3) is 2.49. The Balaban J connectivity index is 2.11. The number of nitrogens with zero attached hydrogens (tertiary/aromatic N) is 1. The largest absolute Gasteiger partial charge is 0.351 e. The normalized spacial score (nSPS) is 24.7. The van der Waals surface area contributed by atoms with Crippen molar-refractivity contribution in [1.82, 2.24) is 14.9 Å². The van der Waals surface area contributed by atoms with E-state index in [1.807, 2.05) is 0 Å². The van der Waals surface area contributed by atoms with Gasteiger partial charge in [-0.2, -0.15) is 0 Å². The molecule has 2 heterocycles. The Morgan fingerprint density at radius 3 is 3.00 bits per heavy atom. The number of carbonyl (C=O) groups excluding carboxylic acids is 1. The monoisotopic (exact) mass is 254 g/mol. The van der Waals surface area contributed by atoms with Crippen molar-refractivity contribution in [3.05, 3.63) is 33.1 Å². The first kappa shape index (κ1) is 12.5. The number of ether oxygens (including phenoxy) is 1. The van der Waals surface area contributed by atoms with Crippen LogP contribution in [-0.2, 0) is 9.53 Å². The van der Waals surface area contributed by atoms with E-state index in [0.717, 1.165) is 0 Å². The third-order valence-electron chi connectivity index (χ3n) is 2.85. The first-order chi connectivity index (χ1) is 8.61. The van der Waals surface area contributed by atoms with Crippen LogP contribution in [0.1, 0.15) is 19.1 Å². The molecular formula is C10H14N4O4. The molecule has 1 saturated heterocycles. The molecule has 1 aliphatic heterocycles. The van der Waals surface area contributed by atoms with Crippen LogP contribution in [0.15, 0.2) is 21.9 Å². The summed E-state index contributed by atoms with van der Waals surface area (Å²) in [5.74, 6) is 0. The van der Waals surface area contributed by atoms with Gasteiger partial charge in [-0.3, -0.25) is 19.1 Å². The van der Waals surface area contributed by atoms with Crippen molar-refractivity contribution >= 4 is 6.41 Å². The number of rotatable bonds is 4. The van der Waals surface area contributed by atoms with Gasteiger partial charge >= 0.3 is 5.69 Å². The highest BCUT2D eigenvalue weighted by Gasteiger charge is 2.31. The fourth-order valence-corrected chi connectivity index (χ4v) is 1.95. The summed E-state index contributed by atoms with van der Waals surface area (Å²) in [6, 6.07) is 1.25. The van der Waals surface area contributed by atoms with Crippen LogP contribution >= 0.6 is 0 Å². The van der Waals surface area contributed by atoms with Gasteiger partial charge in [-0.05, 0) is 12.8 Å². The summed E-state index contributed by atoms with van der Waals surface area (Å²) in [6.45, 7) is 0. The van der Waals surface area contributed by atoms with Crippen LogP contribution in [0.25, 0.3) is 0 Å². The number of nitrogens with two attached hydrogens (primary N) is 1. The average Bonchev–Trinajstić information content (AvgIpc) is 2.78. The van der Waals surface area contributed by atoms with Crippen LogP contribution in [0.2, 0.25) is 0 Å². The van der Waals surface area contributed by atoms with Gasteiger partial charge < -0.3 is 15.8 Å². The van der Waals surface area contributed by atoms with Crippen LogP contribution in [0.4, 0.5) is 0 Å². The predicted octanol–water partition coefficient (Wildman–Crippen LogP) is -1.75. The third-order valence-corrected chi connectivity index (χ3v) is 2.85. The maximum Gasteiger partial charge on any atom is 0.330 e. The Morgan fingerprint density at radius 1 is 1.56 bits per heavy atom. The molecule has 98 valence electrons. The van der Waals surface area contributed by atoms with E-state index >= 15 is 0 Å². The molecular weight excluding hydrogens is 240 g/mol. The van der Waals surface area contributed by atoms with Crippen molar-refractivity contribution < 1.29 is 9.53 Å². The van der Waals surface area contributed by atoms with E-state index in [1.165, 1.54) is 16.8 Å². The van der Waals surface area contributed by atoms with E-state index < -0.39 is 23.6 Å². The Labute approximate surface area is 102 Å². The summed E-state index contributed by atoms with van der Waals surface area (Å²) in [5, 5.41) is 2.41. The molecule has 1 aromatic heterocycles. The number of H-pyrrole nitrogens is 1. The second-order valence-electron chi connectivity index (χ2n) is 4.03. The highest BCUT2D eigenvalue weighted by Crippen LogP contribution is 2.27. The summed E-state index contributed by atoms with van der Waals surface area (Å²) in [5.41, 5.74) is 4.70. The van der Waals surface area contributed by atoms with Gasteiger partial charge in [0.15, 0.2) is 0 Å². The number of hydrogen-bond acceptors (Lipinski definition) is 5. The Morgan fingerprint density at radius 2 is 2.33 bits per heavy atom. The summed E-state index contributed by atoms with van der Waals surface area (Å²) in [7, 11) is 0. The number of amides is 1. The number of aromatic nitrogens is 2. The molecule has 0 saturated carbocycles. The first-order valence-corrected chi connectivity index (χ1v) is 5.54. The zero-order valence-corrected chi connectivity index (χ0v) is 9.54. The van der Waals surface area contributed by atoms with Crippen molar-refractivity contribution in [2.24, 2.45) is 5.73 Å². The second-order valence-corrected chi connectivity index (χ2v) is 4.03. The molecule has 1 fully saturated rings. The first-order valence-electron chi connectivity index (χ1n) is 5.54. The lowest BCUT2D eigenvalue weighted by atomic mass is 10.2. The van der Waals surface area contributed by atoms with Gasteiger partial charge in [-0.15, -0.1) is 0 Å². The maximum atomic E-state index is 11.6. The standard InChI is InChI=1S/C10H14N4O4/c11-9(12-5-15)6-1-2-8(18-6)14-4-3-7(16)13-10(14)17/h3-6,8-9H,1-2,11H2,(H,12,15)(H,13,16,17)/t6-,8+,9?/m0/s1. The lowest BCUT2D eigenvalue weighted by Crippen LogP contribution is -2.46. The molecule has 0 aliphatic carbocycles. The number of aromatic amines is 1. The molecule has 8 nitrogen and oxygen atoms in total. The van der Waals surface area contributed by atoms with Crippen LogP contribution in [0.3, 0.4) is 0 Å². The van der Waals surface area contributed by atoms with Gasteiger partial charge in [0, 0.05) is 12.3 Å². The summed E-state index contributed by atoms with van der Waals surface area (Å²) < 4.78 is 6.88. The molecule has 2 rings (SSSR count). The van der Waals surface area contributed by atoms with Gasteiger partial charge in [0.25, 0.3) is 5.56 Å². The molecule has 0 radical (unpaired) electrons. The van der Waals surface area contributed by atoms with Crippen molar-refractivity contribution in [1.29, 1.82) is 0 Å². The zero-order valence-electron chi connectivity index (χ0n) is 9.54. The highest BCUT2D eigenvalue weighted by molar-refractivity contribution is 5.46. The van der Waals surface area contributed by atoms with E-state index in [4.69, 9.17) is 10.5 Å². The predicted molar refractivity (Wildman–Crippen MR) is 61.6 cm³/mol. The summed E-state index contributed by atoms with van der Waals surface area (Å²) >= 11 is 0. The summed E-state index contributed by atoms with van der Waals surface area (Å²) in [6.07, 6.45) is 1.67. The topological polar surface area (TPSA) is 119 Å². The maximum absolute atomic E-state index is 11.6. The Bertz CT molecular complexity index is 537. The minimum absolute atomic E-state index is 0.348. The number of hydrogen-bond donors (Lipinski definition) is 3. The van der Waals surface area contributed by atoms with Gasteiger partial charge in [0.05, 0.1) is 6.10 Å². The molecule has 8 heteroatoms. The molecule has 0 bridgehead atoms. The smallest absolute Gasteiger partial charge is 0.330 e. The van der Waals surface area contributed by atoms with Crippen molar-refractivity contribution in [2.75, 3.05) is 0 Å². The molecule has 18 heavy (non-hydrogen) atoms. The van der Waals surface area contributed by atoms with Crippen LogP contribution < -0.4 is 22.3 Å². The van der Waals surface area contributed by atoms with Gasteiger partial charge in [-0.1, -0.05) is 0 Å². The lowest BCUT2D eigenvalue weighted by molar-refractivity contribution is -0.111. The number of nitrogens with one attached hydrogen (secondary N) is 2. The van der Waals surface area contributed by atoms with E-state index in [9.17, 15) is 14.4 Å². The number of carbonyl (C=O) groups is 1. The minimum atomic E-state index is -0.606. The molecule has 0 spiro atoms. The molecule has 1 aromatic rings.